The van der Waals surface area contributed by atoms with Gasteiger partial charge in [0.05, 0.1) is 0 Å². The van der Waals surface area contributed by atoms with Crippen molar-refractivity contribution in [2.24, 2.45) is 0 Å². The number of nitrogens with zero attached hydrogens (tertiary/aromatic N) is 2. The third kappa shape index (κ3) is 2.62. The largest absolute Gasteiger partial charge is 0.339 e. The number of piperidine rings is 1. The molecule has 2 unspecified atom stereocenters. The molecule has 4 nitrogen and oxygen atoms in total. The zero-order valence-corrected chi connectivity index (χ0v) is 11.2. The van der Waals surface area contributed by atoms with Crippen LogP contribution in [0, 0.1) is 0 Å². The Balaban J connectivity index is 1.69. The van der Waals surface area contributed by atoms with Gasteiger partial charge in [-0.25, -0.2) is 0 Å². The zero-order valence-electron chi connectivity index (χ0n) is 10.4. The van der Waals surface area contributed by atoms with Gasteiger partial charge in [0.1, 0.15) is 0 Å². The molecule has 0 spiro atoms. The number of hydrogen-bond acceptors (Lipinski definition) is 5. The molecule has 0 amide bonds. The van der Waals surface area contributed by atoms with E-state index in [2.05, 4.69) is 39.9 Å². The third-order valence-corrected chi connectivity index (χ3v) is 4.25. The van der Waals surface area contributed by atoms with Crippen LogP contribution in [0.5, 0.6) is 0 Å². The highest BCUT2D eigenvalue weighted by molar-refractivity contribution is 7.09. The van der Waals surface area contributed by atoms with E-state index in [-0.39, 0.29) is 0 Å². The van der Waals surface area contributed by atoms with Crippen molar-refractivity contribution in [3.8, 4) is 0 Å². The van der Waals surface area contributed by atoms with Gasteiger partial charge in [-0.3, -0.25) is 0 Å². The van der Waals surface area contributed by atoms with E-state index < -0.39 is 0 Å². The summed E-state index contributed by atoms with van der Waals surface area (Å²) in [5.41, 5.74) is 0. The minimum atomic E-state index is 0.422. The Bertz CT molecular complexity index is 494. The molecule has 18 heavy (non-hydrogen) atoms. The van der Waals surface area contributed by atoms with Crippen LogP contribution in [0.15, 0.2) is 22.0 Å². The molecule has 2 aromatic rings. The summed E-state index contributed by atoms with van der Waals surface area (Å²) in [6, 6.07) is 4.69. The van der Waals surface area contributed by atoms with E-state index in [0.29, 0.717) is 12.0 Å². The number of hydrogen-bond donors (Lipinski definition) is 1. The Kier molecular flexibility index (Phi) is 3.43. The smallest absolute Gasteiger partial charge is 0.229 e. The highest BCUT2D eigenvalue weighted by atomic mass is 32.1. The molecular weight excluding hydrogens is 246 g/mol. The van der Waals surface area contributed by atoms with Gasteiger partial charge < -0.3 is 9.84 Å². The molecule has 1 aliphatic rings. The molecule has 3 heterocycles. The summed E-state index contributed by atoms with van der Waals surface area (Å²) in [5.74, 6) is 2.04. The first-order valence-electron chi connectivity index (χ1n) is 6.39. The van der Waals surface area contributed by atoms with Gasteiger partial charge in [0, 0.05) is 23.3 Å². The summed E-state index contributed by atoms with van der Waals surface area (Å²) in [4.78, 5) is 5.82. The second-order valence-corrected chi connectivity index (χ2v) is 5.91. The van der Waals surface area contributed by atoms with Gasteiger partial charge >= 0.3 is 0 Å². The first-order chi connectivity index (χ1) is 8.81. The van der Waals surface area contributed by atoms with Crippen molar-refractivity contribution in [2.45, 2.75) is 38.1 Å². The number of nitrogens with one attached hydrogen (secondary N) is 1. The Morgan fingerprint density at radius 3 is 3.28 bits per heavy atom. The van der Waals surface area contributed by atoms with Gasteiger partial charge in [-0.2, -0.15) is 4.98 Å². The van der Waals surface area contributed by atoms with Crippen LogP contribution in [0.4, 0.5) is 0 Å². The summed E-state index contributed by atoms with van der Waals surface area (Å²) in [5, 5.41) is 9.60. The Hall–Kier alpha value is -1.20. The standard InChI is InChI=1S/C13H17N3OS/c1-9-7-10(4-5-14-9)13-15-12(16-17-13)8-11-3-2-6-18-11/h2-3,6,9-10,14H,4-5,7-8H2,1H3. The van der Waals surface area contributed by atoms with E-state index in [1.165, 1.54) is 4.88 Å². The van der Waals surface area contributed by atoms with Crippen LogP contribution in [-0.2, 0) is 6.42 Å². The fourth-order valence-electron chi connectivity index (χ4n) is 2.43. The average molecular weight is 263 g/mol. The summed E-state index contributed by atoms with van der Waals surface area (Å²) < 4.78 is 5.42. The molecule has 1 saturated heterocycles. The number of aromatic nitrogens is 2. The lowest BCUT2D eigenvalue weighted by Crippen LogP contribution is -2.34. The lowest BCUT2D eigenvalue weighted by atomic mass is 9.93. The van der Waals surface area contributed by atoms with E-state index in [0.717, 1.165) is 37.5 Å². The second kappa shape index (κ2) is 5.20. The molecule has 0 aromatic carbocycles. The van der Waals surface area contributed by atoms with E-state index in [1.807, 2.05) is 0 Å². The van der Waals surface area contributed by atoms with Gasteiger partial charge in [0.25, 0.3) is 0 Å². The molecule has 1 fully saturated rings. The highest BCUT2D eigenvalue weighted by Crippen LogP contribution is 2.26. The SMILES string of the molecule is CC1CC(c2nc(Cc3cccs3)no2)CCN1. The minimum absolute atomic E-state index is 0.422. The Labute approximate surface area is 110 Å². The lowest BCUT2D eigenvalue weighted by molar-refractivity contribution is 0.294. The molecule has 1 N–H and O–H groups in total. The quantitative estimate of drug-likeness (QED) is 0.924. The van der Waals surface area contributed by atoms with Crippen molar-refractivity contribution in [3.05, 3.63) is 34.1 Å². The molecule has 3 rings (SSSR count). The normalized spacial score (nSPS) is 24.3. The molecule has 0 saturated carbocycles. The summed E-state index contributed by atoms with van der Waals surface area (Å²) in [7, 11) is 0. The van der Waals surface area contributed by atoms with Crippen molar-refractivity contribution in [2.75, 3.05) is 6.54 Å². The van der Waals surface area contributed by atoms with Crippen molar-refractivity contribution < 1.29 is 4.52 Å². The maximum atomic E-state index is 5.42. The number of thiophene rings is 1. The fraction of sp³-hybridized carbons (Fsp3) is 0.538. The minimum Gasteiger partial charge on any atom is -0.339 e. The molecule has 0 bridgehead atoms. The maximum Gasteiger partial charge on any atom is 0.229 e. The molecule has 2 aromatic heterocycles. The van der Waals surface area contributed by atoms with Crippen LogP contribution < -0.4 is 5.32 Å². The van der Waals surface area contributed by atoms with Crippen LogP contribution in [-0.4, -0.2) is 22.7 Å². The Morgan fingerprint density at radius 1 is 1.56 bits per heavy atom. The number of rotatable bonds is 3. The van der Waals surface area contributed by atoms with Gasteiger partial charge in [-0.05, 0) is 37.8 Å². The molecule has 2 atom stereocenters. The van der Waals surface area contributed by atoms with Crippen LogP contribution in [0.3, 0.4) is 0 Å². The maximum absolute atomic E-state index is 5.42. The predicted molar refractivity (Wildman–Crippen MR) is 70.9 cm³/mol. The second-order valence-electron chi connectivity index (χ2n) is 4.88. The monoisotopic (exact) mass is 263 g/mol. The predicted octanol–water partition coefficient (Wildman–Crippen LogP) is 2.58. The molecule has 0 radical (unpaired) electrons. The van der Waals surface area contributed by atoms with Crippen molar-refractivity contribution in [1.29, 1.82) is 0 Å². The first-order valence-corrected chi connectivity index (χ1v) is 7.27. The summed E-state index contributed by atoms with van der Waals surface area (Å²) in [6.07, 6.45) is 2.95. The van der Waals surface area contributed by atoms with Crippen LogP contribution >= 0.6 is 11.3 Å². The van der Waals surface area contributed by atoms with E-state index in [9.17, 15) is 0 Å². The molecule has 96 valence electrons. The average Bonchev–Trinajstić information content (AvgIpc) is 3.01. The van der Waals surface area contributed by atoms with Crippen LogP contribution in [0.2, 0.25) is 0 Å². The van der Waals surface area contributed by atoms with Gasteiger partial charge in [0.2, 0.25) is 5.89 Å². The van der Waals surface area contributed by atoms with Crippen LogP contribution in [0.25, 0.3) is 0 Å². The summed E-state index contributed by atoms with van der Waals surface area (Å²) in [6.45, 7) is 3.24. The molecule has 0 aliphatic carbocycles. The fourth-order valence-corrected chi connectivity index (χ4v) is 3.13. The summed E-state index contributed by atoms with van der Waals surface area (Å²) >= 11 is 1.73. The molecular formula is C13H17N3OS. The van der Waals surface area contributed by atoms with Gasteiger partial charge in [-0.15, -0.1) is 11.3 Å². The molecule has 1 aliphatic heterocycles. The van der Waals surface area contributed by atoms with E-state index in [4.69, 9.17) is 4.52 Å². The van der Waals surface area contributed by atoms with Crippen molar-refractivity contribution >= 4 is 11.3 Å². The Morgan fingerprint density at radius 2 is 2.50 bits per heavy atom. The van der Waals surface area contributed by atoms with Gasteiger partial charge in [0.15, 0.2) is 5.82 Å². The van der Waals surface area contributed by atoms with Gasteiger partial charge in [-0.1, -0.05) is 11.2 Å². The molecule has 5 heteroatoms. The van der Waals surface area contributed by atoms with Crippen molar-refractivity contribution in [3.63, 3.8) is 0 Å². The van der Waals surface area contributed by atoms with Crippen molar-refractivity contribution in [1.82, 2.24) is 15.5 Å². The lowest BCUT2D eigenvalue weighted by Gasteiger charge is -2.25. The zero-order chi connectivity index (χ0) is 12.4. The van der Waals surface area contributed by atoms with E-state index >= 15 is 0 Å². The topological polar surface area (TPSA) is 51.0 Å². The highest BCUT2D eigenvalue weighted by Gasteiger charge is 2.24. The van der Waals surface area contributed by atoms with Crippen LogP contribution in [0.1, 0.15) is 42.3 Å². The third-order valence-electron chi connectivity index (χ3n) is 3.37. The first kappa shape index (κ1) is 11.9. The van der Waals surface area contributed by atoms with E-state index in [1.54, 1.807) is 11.3 Å².